The molecule has 1 aromatic heterocycles. The van der Waals surface area contributed by atoms with Crippen molar-refractivity contribution in [3.63, 3.8) is 0 Å². The van der Waals surface area contributed by atoms with E-state index in [1.54, 1.807) is 17.5 Å². The maximum absolute atomic E-state index is 10.7. The molecule has 0 saturated heterocycles. The van der Waals surface area contributed by atoms with E-state index < -0.39 is 0 Å². The highest BCUT2D eigenvalue weighted by molar-refractivity contribution is 7.08. The minimum Gasteiger partial charge on any atom is -0.466 e. The summed E-state index contributed by atoms with van der Waals surface area (Å²) in [6, 6.07) is 0. The maximum atomic E-state index is 10.7. The van der Waals surface area contributed by atoms with Gasteiger partial charge in [0, 0.05) is 18.8 Å². The molecule has 0 aliphatic carbocycles. The molecule has 0 aliphatic heterocycles. The number of carbonyl (C=O) groups is 1. The van der Waals surface area contributed by atoms with Crippen LogP contribution in [0.15, 0.2) is 23.0 Å². The highest BCUT2D eigenvalue weighted by Gasteiger charge is 1.96. The van der Waals surface area contributed by atoms with Crippen LogP contribution in [0, 0.1) is 6.92 Å². The van der Waals surface area contributed by atoms with E-state index in [1.807, 2.05) is 0 Å². The van der Waals surface area contributed by atoms with Crippen LogP contribution < -0.4 is 5.32 Å². The van der Waals surface area contributed by atoms with Gasteiger partial charge in [0.25, 0.3) is 0 Å². The van der Waals surface area contributed by atoms with E-state index in [0.29, 0.717) is 0 Å². The lowest BCUT2D eigenvalue weighted by Crippen LogP contribution is -2.06. The number of rotatable bonds is 4. The van der Waals surface area contributed by atoms with E-state index in [2.05, 4.69) is 27.7 Å². The minimum absolute atomic E-state index is 0.348. The molecule has 0 bridgehead atoms. The fourth-order valence-corrected chi connectivity index (χ4v) is 1.79. The van der Waals surface area contributed by atoms with Crippen LogP contribution in [0.1, 0.15) is 11.1 Å². The predicted molar refractivity (Wildman–Crippen MR) is 57.1 cm³/mol. The molecule has 0 atom stereocenters. The van der Waals surface area contributed by atoms with Gasteiger partial charge in [0.05, 0.1) is 7.11 Å². The summed E-state index contributed by atoms with van der Waals surface area (Å²) in [5.74, 6) is -0.348. The molecule has 3 nitrogen and oxygen atoms in total. The van der Waals surface area contributed by atoms with Crippen LogP contribution >= 0.6 is 11.3 Å². The molecule has 0 unspecified atom stereocenters. The number of aryl methyl sites for hydroxylation is 1. The topological polar surface area (TPSA) is 38.3 Å². The second-order valence-corrected chi connectivity index (χ2v) is 3.56. The van der Waals surface area contributed by atoms with Gasteiger partial charge in [-0.1, -0.05) is 0 Å². The van der Waals surface area contributed by atoms with E-state index in [1.165, 1.54) is 24.3 Å². The highest BCUT2D eigenvalue weighted by Crippen LogP contribution is 2.12. The van der Waals surface area contributed by atoms with Crippen LogP contribution in [-0.2, 0) is 16.1 Å². The number of thiophene rings is 1. The molecular formula is C10H13NO2S. The lowest BCUT2D eigenvalue weighted by atomic mass is 10.2. The lowest BCUT2D eigenvalue weighted by Gasteiger charge is -1.99. The van der Waals surface area contributed by atoms with Gasteiger partial charge in [-0.15, -0.1) is 0 Å². The van der Waals surface area contributed by atoms with E-state index >= 15 is 0 Å². The van der Waals surface area contributed by atoms with Gasteiger partial charge in [0.2, 0.25) is 0 Å². The number of esters is 1. The van der Waals surface area contributed by atoms with Crippen molar-refractivity contribution in [2.24, 2.45) is 0 Å². The van der Waals surface area contributed by atoms with Crippen LogP contribution in [-0.4, -0.2) is 13.1 Å². The molecule has 1 rings (SSSR count). The summed E-state index contributed by atoms with van der Waals surface area (Å²) in [7, 11) is 1.36. The number of hydrogen-bond acceptors (Lipinski definition) is 4. The van der Waals surface area contributed by atoms with Gasteiger partial charge in [0.15, 0.2) is 0 Å². The number of hydrogen-bond donors (Lipinski definition) is 1. The number of carbonyl (C=O) groups excluding carboxylic acids is 1. The van der Waals surface area contributed by atoms with Gasteiger partial charge in [0.1, 0.15) is 0 Å². The molecule has 0 saturated carbocycles. The van der Waals surface area contributed by atoms with Crippen LogP contribution in [0.4, 0.5) is 0 Å². The van der Waals surface area contributed by atoms with Gasteiger partial charge >= 0.3 is 5.97 Å². The van der Waals surface area contributed by atoms with Gasteiger partial charge in [-0.2, -0.15) is 11.3 Å². The second-order valence-electron chi connectivity index (χ2n) is 2.82. The Balaban J connectivity index is 2.32. The second kappa shape index (κ2) is 5.44. The molecule has 0 aliphatic rings. The fourth-order valence-electron chi connectivity index (χ4n) is 0.932. The Morgan fingerprint density at radius 3 is 3.00 bits per heavy atom. The van der Waals surface area contributed by atoms with Gasteiger partial charge in [-0.3, -0.25) is 0 Å². The molecule has 0 fully saturated rings. The zero-order chi connectivity index (χ0) is 10.4. The molecule has 0 aromatic carbocycles. The Kier molecular flexibility index (Phi) is 4.19. The summed E-state index contributed by atoms with van der Waals surface area (Å²) < 4.78 is 4.45. The smallest absolute Gasteiger partial charge is 0.331 e. The number of methoxy groups -OCH3 is 1. The fraction of sp³-hybridized carbons (Fsp3) is 0.300. The molecule has 0 radical (unpaired) electrons. The first-order chi connectivity index (χ1) is 6.74. The van der Waals surface area contributed by atoms with Gasteiger partial charge in [-0.05, 0) is 28.8 Å². The molecule has 1 heterocycles. The molecular weight excluding hydrogens is 198 g/mol. The first-order valence-electron chi connectivity index (χ1n) is 4.23. The van der Waals surface area contributed by atoms with Crippen molar-refractivity contribution in [2.75, 3.05) is 7.11 Å². The summed E-state index contributed by atoms with van der Waals surface area (Å²) in [6.07, 6.45) is 2.96. The summed E-state index contributed by atoms with van der Waals surface area (Å²) in [4.78, 5) is 10.7. The van der Waals surface area contributed by atoms with Crippen molar-refractivity contribution in [1.82, 2.24) is 5.32 Å². The standard InChI is InChI=1S/C10H13NO2S/c1-8-6-14-7-9(8)5-11-4-3-10(12)13-2/h3-4,6-7,11H,5H2,1-2H3/b4-3+. The van der Waals surface area contributed by atoms with E-state index in [4.69, 9.17) is 0 Å². The van der Waals surface area contributed by atoms with E-state index in [-0.39, 0.29) is 5.97 Å². The Hall–Kier alpha value is -1.29. The normalized spacial score (nSPS) is 10.4. The van der Waals surface area contributed by atoms with E-state index in [0.717, 1.165) is 6.54 Å². The summed E-state index contributed by atoms with van der Waals surface area (Å²) in [5.41, 5.74) is 2.53. The van der Waals surface area contributed by atoms with Crippen LogP contribution in [0.2, 0.25) is 0 Å². The molecule has 4 heteroatoms. The van der Waals surface area contributed by atoms with Crippen molar-refractivity contribution in [3.8, 4) is 0 Å². The third-order valence-corrected chi connectivity index (χ3v) is 2.70. The monoisotopic (exact) mass is 211 g/mol. The van der Waals surface area contributed by atoms with Crippen molar-refractivity contribution in [1.29, 1.82) is 0 Å². The van der Waals surface area contributed by atoms with Crippen molar-refractivity contribution < 1.29 is 9.53 Å². The lowest BCUT2D eigenvalue weighted by molar-refractivity contribution is -0.134. The maximum Gasteiger partial charge on any atom is 0.331 e. The van der Waals surface area contributed by atoms with Crippen molar-refractivity contribution in [2.45, 2.75) is 13.5 Å². The van der Waals surface area contributed by atoms with Crippen molar-refractivity contribution in [3.05, 3.63) is 34.2 Å². The first-order valence-corrected chi connectivity index (χ1v) is 5.18. The van der Waals surface area contributed by atoms with Crippen molar-refractivity contribution >= 4 is 17.3 Å². The molecule has 14 heavy (non-hydrogen) atoms. The quantitative estimate of drug-likeness (QED) is 0.610. The number of nitrogens with one attached hydrogen (secondary N) is 1. The zero-order valence-electron chi connectivity index (χ0n) is 8.24. The molecule has 1 N–H and O–H groups in total. The average Bonchev–Trinajstić information content (AvgIpc) is 2.58. The van der Waals surface area contributed by atoms with Crippen LogP contribution in [0.5, 0.6) is 0 Å². The first kappa shape index (κ1) is 10.8. The average molecular weight is 211 g/mol. The highest BCUT2D eigenvalue weighted by atomic mass is 32.1. The number of ether oxygens (including phenoxy) is 1. The third kappa shape index (κ3) is 3.22. The molecule has 0 spiro atoms. The molecule has 76 valence electrons. The predicted octanol–water partition coefficient (Wildman–Crippen LogP) is 1.83. The Morgan fingerprint density at radius 2 is 2.43 bits per heavy atom. The van der Waals surface area contributed by atoms with Gasteiger partial charge < -0.3 is 10.1 Å². The summed E-state index contributed by atoms with van der Waals surface area (Å²) in [6.45, 7) is 2.81. The summed E-state index contributed by atoms with van der Waals surface area (Å²) in [5, 5.41) is 7.21. The van der Waals surface area contributed by atoms with E-state index in [9.17, 15) is 4.79 Å². The Bertz CT molecular complexity index is 331. The van der Waals surface area contributed by atoms with Crippen LogP contribution in [0.25, 0.3) is 0 Å². The van der Waals surface area contributed by atoms with Gasteiger partial charge in [-0.25, -0.2) is 4.79 Å². The Labute approximate surface area is 87.4 Å². The Morgan fingerprint density at radius 1 is 1.64 bits per heavy atom. The largest absolute Gasteiger partial charge is 0.466 e. The SMILES string of the molecule is COC(=O)/C=C/NCc1cscc1C. The summed E-state index contributed by atoms with van der Waals surface area (Å²) >= 11 is 1.68. The third-order valence-electron chi connectivity index (χ3n) is 1.79. The molecule has 0 amide bonds. The molecule has 1 aromatic rings. The van der Waals surface area contributed by atoms with Crippen LogP contribution in [0.3, 0.4) is 0 Å². The zero-order valence-corrected chi connectivity index (χ0v) is 9.06. The minimum atomic E-state index is -0.348.